The van der Waals surface area contributed by atoms with E-state index in [0.29, 0.717) is 10.6 Å². The number of nitrogens with one attached hydrogen (secondary N) is 1. The first-order chi connectivity index (χ1) is 17.4. The molecule has 36 heavy (non-hydrogen) atoms. The maximum absolute atomic E-state index is 13.6. The zero-order valence-electron chi connectivity index (χ0n) is 19.4. The number of carbonyl (C=O) groups is 2. The molecule has 0 spiro atoms. The fourth-order valence-electron chi connectivity index (χ4n) is 4.58. The van der Waals surface area contributed by atoms with Crippen molar-refractivity contribution in [1.82, 2.24) is 5.32 Å². The van der Waals surface area contributed by atoms with Crippen molar-refractivity contribution in [1.29, 1.82) is 0 Å². The second-order valence-corrected chi connectivity index (χ2v) is 9.87. The summed E-state index contributed by atoms with van der Waals surface area (Å²) in [6.07, 6.45) is 0.128. The molecule has 0 bridgehead atoms. The van der Waals surface area contributed by atoms with E-state index in [1.807, 2.05) is 91.0 Å². The number of rotatable bonds is 9. The van der Waals surface area contributed by atoms with Crippen molar-refractivity contribution >= 4 is 39.4 Å². The number of carboxylic acids is 1. The lowest BCUT2D eigenvalue weighted by Crippen LogP contribution is -2.45. The van der Waals surface area contributed by atoms with E-state index < -0.39 is 17.4 Å². The molecular formula is C30H25BrClNO3. The first kappa shape index (κ1) is 25.7. The van der Waals surface area contributed by atoms with E-state index in [2.05, 4.69) is 21.2 Å². The summed E-state index contributed by atoms with van der Waals surface area (Å²) in [6.45, 7) is 0. The summed E-state index contributed by atoms with van der Waals surface area (Å²) < 4.78 is 0.736. The molecule has 4 rings (SSSR count). The van der Waals surface area contributed by atoms with E-state index in [-0.39, 0.29) is 18.7 Å². The third-order valence-electron chi connectivity index (χ3n) is 6.29. The smallest absolute Gasteiger partial charge is 0.326 e. The number of aliphatic carboxylic acids is 1. The maximum Gasteiger partial charge on any atom is 0.326 e. The summed E-state index contributed by atoms with van der Waals surface area (Å²) in [7, 11) is 0. The molecule has 6 heteroatoms. The van der Waals surface area contributed by atoms with Crippen molar-refractivity contribution in [3.63, 3.8) is 0 Å². The monoisotopic (exact) mass is 561 g/mol. The Labute approximate surface area is 224 Å². The van der Waals surface area contributed by atoms with Gasteiger partial charge < -0.3 is 10.4 Å². The molecule has 0 unspecified atom stereocenters. The Morgan fingerprint density at radius 3 is 1.72 bits per heavy atom. The first-order valence-corrected chi connectivity index (χ1v) is 12.7. The average molecular weight is 563 g/mol. The van der Waals surface area contributed by atoms with E-state index in [1.54, 1.807) is 18.2 Å². The second kappa shape index (κ2) is 11.5. The number of carboxylic acid groups (broad SMARTS) is 1. The molecule has 0 saturated carbocycles. The third kappa shape index (κ3) is 5.69. The maximum atomic E-state index is 13.6. The molecule has 1 amide bonds. The van der Waals surface area contributed by atoms with Crippen LogP contribution in [-0.4, -0.2) is 23.0 Å². The van der Waals surface area contributed by atoms with Crippen LogP contribution >= 0.6 is 27.5 Å². The largest absolute Gasteiger partial charge is 0.480 e. The molecule has 182 valence electrons. The highest BCUT2D eigenvalue weighted by Crippen LogP contribution is 2.42. The molecule has 4 aromatic carbocycles. The van der Waals surface area contributed by atoms with E-state index in [9.17, 15) is 14.7 Å². The summed E-state index contributed by atoms with van der Waals surface area (Å²) in [4.78, 5) is 25.8. The van der Waals surface area contributed by atoms with E-state index in [4.69, 9.17) is 11.6 Å². The number of amides is 1. The summed E-state index contributed by atoms with van der Waals surface area (Å²) in [5.74, 6) is -1.47. The Balaban J connectivity index is 1.73. The van der Waals surface area contributed by atoms with Gasteiger partial charge in [0.2, 0.25) is 5.91 Å². The van der Waals surface area contributed by atoms with E-state index >= 15 is 0 Å². The fourth-order valence-corrected chi connectivity index (χ4v) is 5.18. The Morgan fingerprint density at radius 2 is 1.28 bits per heavy atom. The Morgan fingerprint density at radius 1 is 0.806 bits per heavy atom. The number of carbonyl (C=O) groups excluding carboxylic acids is 1. The van der Waals surface area contributed by atoms with Crippen LogP contribution in [0.2, 0.25) is 5.02 Å². The molecule has 2 N–H and O–H groups in total. The Hall–Kier alpha value is -3.41. The number of hydrogen-bond donors (Lipinski definition) is 2. The van der Waals surface area contributed by atoms with Crippen LogP contribution in [0, 0.1) is 0 Å². The molecular weight excluding hydrogens is 538 g/mol. The highest BCUT2D eigenvalue weighted by atomic mass is 79.9. The predicted octanol–water partition coefficient (Wildman–Crippen LogP) is 6.64. The van der Waals surface area contributed by atoms with Gasteiger partial charge in [-0.2, -0.15) is 0 Å². The average Bonchev–Trinajstić information content (AvgIpc) is 2.90. The van der Waals surface area contributed by atoms with Gasteiger partial charge in [0.1, 0.15) is 6.04 Å². The number of benzene rings is 4. The van der Waals surface area contributed by atoms with Gasteiger partial charge in [0.05, 0.1) is 5.41 Å². The lowest BCUT2D eigenvalue weighted by Gasteiger charge is -2.36. The van der Waals surface area contributed by atoms with Crippen molar-refractivity contribution in [2.45, 2.75) is 24.3 Å². The van der Waals surface area contributed by atoms with Crippen LogP contribution in [-0.2, 0) is 21.4 Å². The fraction of sp³-hybridized carbons (Fsp3) is 0.133. The molecule has 4 nitrogen and oxygen atoms in total. The Kier molecular flexibility index (Phi) is 8.24. The van der Waals surface area contributed by atoms with Crippen LogP contribution in [0.5, 0.6) is 0 Å². The van der Waals surface area contributed by atoms with Crippen LogP contribution in [0.3, 0.4) is 0 Å². The van der Waals surface area contributed by atoms with Gasteiger partial charge >= 0.3 is 5.97 Å². The van der Waals surface area contributed by atoms with Crippen molar-refractivity contribution < 1.29 is 14.7 Å². The summed E-state index contributed by atoms with van der Waals surface area (Å²) >= 11 is 9.57. The predicted molar refractivity (Wildman–Crippen MR) is 146 cm³/mol. The normalized spacial score (nSPS) is 12.1. The minimum Gasteiger partial charge on any atom is -0.480 e. The first-order valence-electron chi connectivity index (χ1n) is 11.5. The molecule has 0 radical (unpaired) electrons. The van der Waals surface area contributed by atoms with Crippen molar-refractivity contribution in [3.8, 4) is 0 Å². The molecule has 0 aliphatic heterocycles. The molecule has 0 heterocycles. The van der Waals surface area contributed by atoms with Crippen molar-refractivity contribution in [3.05, 3.63) is 141 Å². The van der Waals surface area contributed by atoms with Gasteiger partial charge in [-0.25, -0.2) is 4.79 Å². The van der Waals surface area contributed by atoms with Crippen LogP contribution < -0.4 is 5.32 Å². The molecule has 0 fully saturated rings. The minimum atomic E-state index is -1.12. The quantitative estimate of drug-likeness (QED) is 0.225. The van der Waals surface area contributed by atoms with Gasteiger partial charge in [-0.3, -0.25) is 4.79 Å². The topological polar surface area (TPSA) is 66.4 Å². The number of hydrogen-bond acceptors (Lipinski definition) is 2. The standard InChI is InChI=1S/C30H25BrClNO3/c31-26-17-16-25(32)18-21(26)19-27(29(35)36)33-28(34)20-30(22-10-4-1-5-11-22,23-12-6-2-7-13-23)24-14-8-3-9-15-24/h1-18,27H,19-20H2,(H,33,34)(H,35,36)/t27-/m0/s1. The van der Waals surface area contributed by atoms with Crippen LogP contribution in [0.15, 0.2) is 114 Å². The van der Waals surface area contributed by atoms with E-state index in [0.717, 1.165) is 21.2 Å². The van der Waals surface area contributed by atoms with Crippen LogP contribution in [0.25, 0.3) is 0 Å². The molecule has 0 aliphatic carbocycles. The van der Waals surface area contributed by atoms with E-state index in [1.165, 1.54) is 0 Å². The van der Waals surface area contributed by atoms with Gasteiger partial charge in [0.25, 0.3) is 0 Å². The van der Waals surface area contributed by atoms with Crippen LogP contribution in [0.4, 0.5) is 0 Å². The molecule has 1 atom stereocenters. The highest BCUT2D eigenvalue weighted by molar-refractivity contribution is 9.10. The van der Waals surface area contributed by atoms with Crippen LogP contribution in [0.1, 0.15) is 28.7 Å². The van der Waals surface area contributed by atoms with Gasteiger partial charge in [-0.15, -0.1) is 0 Å². The minimum absolute atomic E-state index is 0.0333. The second-order valence-electron chi connectivity index (χ2n) is 8.58. The van der Waals surface area contributed by atoms with Gasteiger partial charge in [0, 0.05) is 22.3 Å². The van der Waals surface area contributed by atoms with Crippen molar-refractivity contribution in [2.24, 2.45) is 0 Å². The van der Waals surface area contributed by atoms with Gasteiger partial charge in [-0.05, 0) is 40.5 Å². The molecule has 0 aromatic heterocycles. The highest BCUT2D eigenvalue weighted by Gasteiger charge is 2.39. The number of halogens is 2. The molecule has 0 saturated heterocycles. The zero-order chi connectivity index (χ0) is 25.5. The Bertz CT molecular complexity index is 1230. The third-order valence-corrected chi connectivity index (χ3v) is 7.30. The van der Waals surface area contributed by atoms with Crippen molar-refractivity contribution in [2.75, 3.05) is 0 Å². The van der Waals surface area contributed by atoms with Gasteiger partial charge in [0.15, 0.2) is 0 Å². The summed E-state index contributed by atoms with van der Waals surface area (Å²) in [5.41, 5.74) is 2.73. The lowest BCUT2D eigenvalue weighted by molar-refractivity contribution is -0.141. The van der Waals surface area contributed by atoms with Gasteiger partial charge in [-0.1, -0.05) is 119 Å². The lowest BCUT2D eigenvalue weighted by atomic mass is 9.67. The molecule has 0 aliphatic rings. The summed E-state index contributed by atoms with van der Waals surface area (Å²) in [5, 5.41) is 13.2. The zero-order valence-corrected chi connectivity index (χ0v) is 21.7. The molecule has 4 aromatic rings. The SMILES string of the molecule is O=C(CC(c1ccccc1)(c1ccccc1)c1ccccc1)N[C@@H](Cc1cc(Cl)ccc1Br)C(=O)O. The summed E-state index contributed by atoms with van der Waals surface area (Å²) in [6, 6.07) is 33.6.